The molecule has 0 saturated carbocycles. The molecule has 6 nitrogen and oxygen atoms in total. The number of aryl methyl sites for hydroxylation is 1. The lowest BCUT2D eigenvalue weighted by molar-refractivity contribution is 0.121. The average Bonchev–Trinajstić information content (AvgIpc) is 3.01. The lowest BCUT2D eigenvalue weighted by atomic mass is 9.87. The molecule has 132 valence electrons. The molecule has 0 radical (unpaired) electrons. The van der Waals surface area contributed by atoms with Gasteiger partial charge in [-0.15, -0.1) is 0 Å². The van der Waals surface area contributed by atoms with Gasteiger partial charge in [0, 0.05) is 26.0 Å². The highest BCUT2D eigenvalue weighted by Crippen LogP contribution is 2.35. The van der Waals surface area contributed by atoms with Crippen LogP contribution in [0, 0.1) is 24.2 Å². The Bertz CT molecular complexity index is 793. The maximum atomic E-state index is 9.43. The van der Waals surface area contributed by atoms with Gasteiger partial charge in [0.25, 0.3) is 0 Å². The van der Waals surface area contributed by atoms with Crippen LogP contribution in [0.1, 0.15) is 35.7 Å². The number of nitrogens with zero attached hydrogens (tertiary/aromatic N) is 5. The van der Waals surface area contributed by atoms with Gasteiger partial charge in [0.05, 0.1) is 22.3 Å². The topological polar surface area (TPSA) is 69.8 Å². The monoisotopic (exact) mass is 358 g/mol. The third-order valence-corrected chi connectivity index (χ3v) is 5.47. The van der Waals surface area contributed by atoms with Crippen LogP contribution >= 0.6 is 11.6 Å². The zero-order chi connectivity index (χ0) is 18.0. The van der Waals surface area contributed by atoms with Crippen LogP contribution in [0.25, 0.3) is 0 Å². The molecule has 0 unspecified atom stereocenters. The summed E-state index contributed by atoms with van der Waals surface area (Å²) in [6.07, 6.45) is 5.74. The fourth-order valence-electron chi connectivity index (χ4n) is 3.69. The van der Waals surface area contributed by atoms with Gasteiger partial charge in [-0.3, -0.25) is 9.58 Å². The van der Waals surface area contributed by atoms with Crippen LogP contribution in [0.4, 0.5) is 5.82 Å². The van der Waals surface area contributed by atoms with Crippen molar-refractivity contribution in [3.8, 4) is 6.07 Å². The van der Waals surface area contributed by atoms with Crippen LogP contribution in [0.3, 0.4) is 0 Å². The van der Waals surface area contributed by atoms with Gasteiger partial charge in [-0.1, -0.05) is 11.6 Å². The summed E-state index contributed by atoms with van der Waals surface area (Å²) in [5.74, 6) is 1.03. The summed E-state index contributed by atoms with van der Waals surface area (Å²) in [6.45, 7) is 3.68. The second kappa shape index (κ2) is 7.42. The Hall–Kier alpha value is -2.10. The summed E-state index contributed by atoms with van der Waals surface area (Å²) >= 11 is 6.08. The molecular formula is C18H23ClN6. The number of rotatable bonds is 4. The number of aromatic nitrogens is 3. The summed E-state index contributed by atoms with van der Waals surface area (Å²) in [7, 11) is 4.15. The summed E-state index contributed by atoms with van der Waals surface area (Å²) in [4.78, 5) is 6.71. The Morgan fingerprint density at radius 2 is 2.24 bits per heavy atom. The van der Waals surface area contributed by atoms with Gasteiger partial charge in [0.15, 0.2) is 0 Å². The van der Waals surface area contributed by atoms with Crippen molar-refractivity contribution in [2.45, 2.75) is 25.8 Å². The molecule has 7 heteroatoms. The zero-order valence-electron chi connectivity index (χ0n) is 14.8. The number of hydrogen-bond acceptors (Lipinski definition) is 5. The van der Waals surface area contributed by atoms with Crippen molar-refractivity contribution >= 4 is 17.4 Å². The molecule has 0 aliphatic carbocycles. The molecule has 1 aliphatic rings. The Morgan fingerprint density at radius 3 is 2.92 bits per heavy atom. The third-order valence-electron chi connectivity index (χ3n) is 5.09. The maximum Gasteiger partial charge on any atom is 0.144 e. The van der Waals surface area contributed by atoms with Crippen LogP contribution in [0.15, 0.2) is 18.5 Å². The smallest absolute Gasteiger partial charge is 0.144 e. The fourth-order valence-corrected chi connectivity index (χ4v) is 3.84. The van der Waals surface area contributed by atoms with Gasteiger partial charge in [-0.25, -0.2) is 4.98 Å². The Balaban J connectivity index is 1.81. The van der Waals surface area contributed by atoms with Gasteiger partial charge < -0.3 is 5.32 Å². The van der Waals surface area contributed by atoms with E-state index in [2.05, 4.69) is 39.5 Å². The summed E-state index contributed by atoms with van der Waals surface area (Å²) in [5, 5.41) is 17.7. The Morgan fingerprint density at radius 1 is 1.44 bits per heavy atom. The lowest BCUT2D eigenvalue weighted by Crippen LogP contribution is -2.40. The van der Waals surface area contributed by atoms with E-state index in [-0.39, 0.29) is 0 Å². The van der Waals surface area contributed by atoms with Crippen molar-refractivity contribution in [1.29, 1.82) is 5.26 Å². The van der Waals surface area contributed by atoms with E-state index in [1.54, 1.807) is 6.20 Å². The highest BCUT2D eigenvalue weighted by Gasteiger charge is 2.32. The fraction of sp³-hybridized carbons (Fsp3) is 0.500. The second-order valence-electron chi connectivity index (χ2n) is 6.65. The molecule has 0 aromatic carbocycles. The Labute approximate surface area is 153 Å². The van der Waals surface area contributed by atoms with E-state index in [4.69, 9.17) is 11.6 Å². The number of pyridine rings is 1. The maximum absolute atomic E-state index is 9.43. The number of piperidine rings is 1. The van der Waals surface area contributed by atoms with Gasteiger partial charge >= 0.3 is 0 Å². The predicted octanol–water partition coefficient (Wildman–Crippen LogP) is 3.14. The molecule has 1 fully saturated rings. The van der Waals surface area contributed by atoms with Crippen molar-refractivity contribution in [1.82, 2.24) is 19.7 Å². The predicted molar refractivity (Wildman–Crippen MR) is 98.5 cm³/mol. The van der Waals surface area contributed by atoms with E-state index in [9.17, 15) is 5.26 Å². The molecular weight excluding hydrogens is 336 g/mol. The van der Waals surface area contributed by atoms with Crippen molar-refractivity contribution in [2.75, 3.05) is 25.5 Å². The zero-order valence-corrected chi connectivity index (χ0v) is 15.6. The van der Waals surface area contributed by atoms with E-state index >= 15 is 0 Å². The standard InChI is InChI=1S/C18H23ClN6/c1-12-14(9-20)18(22-11-15(12)19)21-10-13-5-4-8-24(2)17(13)16-6-7-23-25(16)3/h6-7,11,13,17H,4-5,8,10H2,1-3H3,(H,21,22)/t13-,17+/m0/s1. The Kier molecular flexibility index (Phi) is 5.26. The van der Waals surface area contributed by atoms with E-state index < -0.39 is 0 Å². The van der Waals surface area contributed by atoms with E-state index in [1.165, 1.54) is 5.69 Å². The molecule has 0 spiro atoms. The quantitative estimate of drug-likeness (QED) is 0.909. The highest BCUT2D eigenvalue weighted by molar-refractivity contribution is 6.31. The van der Waals surface area contributed by atoms with Crippen LogP contribution in [0.2, 0.25) is 5.02 Å². The molecule has 1 N–H and O–H groups in total. The average molecular weight is 359 g/mol. The molecule has 2 aromatic heterocycles. The molecule has 1 saturated heterocycles. The minimum Gasteiger partial charge on any atom is -0.369 e. The lowest BCUT2D eigenvalue weighted by Gasteiger charge is -2.39. The first-order valence-corrected chi connectivity index (χ1v) is 8.88. The minimum absolute atomic E-state index is 0.299. The van der Waals surface area contributed by atoms with Crippen molar-refractivity contribution in [3.05, 3.63) is 40.3 Å². The molecule has 3 heterocycles. The summed E-state index contributed by atoms with van der Waals surface area (Å²) in [6, 6.07) is 4.60. The van der Waals surface area contributed by atoms with Crippen LogP contribution in [0.5, 0.6) is 0 Å². The summed E-state index contributed by atoms with van der Waals surface area (Å²) < 4.78 is 1.95. The van der Waals surface area contributed by atoms with Gasteiger partial charge in [0.1, 0.15) is 11.9 Å². The van der Waals surface area contributed by atoms with Crippen LogP contribution in [-0.4, -0.2) is 39.8 Å². The highest BCUT2D eigenvalue weighted by atomic mass is 35.5. The molecule has 0 amide bonds. The van der Waals surface area contributed by atoms with Gasteiger partial charge in [0.2, 0.25) is 0 Å². The van der Waals surface area contributed by atoms with Gasteiger partial charge in [-0.05, 0) is 50.9 Å². The largest absolute Gasteiger partial charge is 0.369 e. The van der Waals surface area contributed by atoms with E-state index in [1.807, 2.05) is 24.9 Å². The number of anilines is 1. The second-order valence-corrected chi connectivity index (χ2v) is 7.06. The summed E-state index contributed by atoms with van der Waals surface area (Å²) in [5.41, 5.74) is 2.51. The molecule has 2 aromatic rings. The number of hydrogen-bond donors (Lipinski definition) is 1. The molecule has 25 heavy (non-hydrogen) atoms. The third kappa shape index (κ3) is 3.48. The minimum atomic E-state index is 0.299. The van der Waals surface area contributed by atoms with Crippen molar-refractivity contribution < 1.29 is 0 Å². The van der Waals surface area contributed by atoms with Crippen molar-refractivity contribution in [2.24, 2.45) is 13.0 Å². The number of nitrogens with one attached hydrogen (secondary N) is 1. The normalized spacial score (nSPS) is 21.1. The molecule has 3 rings (SSSR count). The molecule has 1 aliphatic heterocycles. The first-order valence-electron chi connectivity index (χ1n) is 8.50. The SMILES string of the molecule is Cc1c(Cl)cnc(NC[C@@H]2CCCN(C)[C@H]2c2ccnn2C)c1C#N. The first-order chi connectivity index (χ1) is 12.0. The van der Waals surface area contributed by atoms with E-state index in [0.717, 1.165) is 31.5 Å². The van der Waals surface area contributed by atoms with Gasteiger partial charge in [-0.2, -0.15) is 10.4 Å². The molecule has 0 bridgehead atoms. The first kappa shape index (κ1) is 17.7. The number of halogens is 1. The van der Waals surface area contributed by atoms with E-state index in [0.29, 0.717) is 28.4 Å². The molecule has 2 atom stereocenters. The van der Waals surface area contributed by atoms with Crippen molar-refractivity contribution in [3.63, 3.8) is 0 Å². The van der Waals surface area contributed by atoms with Crippen LogP contribution in [-0.2, 0) is 7.05 Å². The number of nitriles is 1. The number of likely N-dealkylation sites (tertiary alicyclic amines) is 1. The van der Waals surface area contributed by atoms with Crippen LogP contribution < -0.4 is 5.32 Å².